The molecule has 0 aliphatic heterocycles. The molecule has 0 aromatic heterocycles. The Balaban J connectivity index is 3.60. The molecule has 1 aromatic carbocycles. The molecule has 4 nitrogen and oxygen atoms in total. The van der Waals surface area contributed by atoms with Crippen LogP contribution in [0.2, 0.25) is 0 Å². The molecule has 0 bridgehead atoms. The van der Waals surface area contributed by atoms with Gasteiger partial charge in [-0.3, -0.25) is 0 Å². The molecule has 1 rings (SSSR count). The van der Waals surface area contributed by atoms with Crippen LogP contribution in [0.4, 0.5) is 0 Å². The maximum absolute atomic E-state index is 6.62. The van der Waals surface area contributed by atoms with Crippen LogP contribution in [-0.4, -0.2) is 36.4 Å². The van der Waals surface area contributed by atoms with Crippen LogP contribution in [0, 0.1) is 0 Å². The van der Waals surface area contributed by atoms with E-state index in [0.717, 1.165) is 9.14 Å². The molecule has 2 N–H and O–H groups in total. The number of hydrogen-bond acceptors (Lipinski definition) is 4. The van der Waals surface area contributed by atoms with Gasteiger partial charge in [-0.05, 0) is 0 Å². The van der Waals surface area contributed by atoms with E-state index in [-0.39, 0.29) is 16.8 Å². The second kappa shape index (κ2) is 7.62. The van der Waals surface area contributed by atoms with Crippen LogP contribution in [0.25, 0.3) is 0 Å². The van der Waals surface area contributed by atoms with Crippen LogP contribution in [0.5, 0.6) is 0 Å². The van der Waals surface area contributed by atoms with E-state index in [9.17, 15) is 0 Å². The maximum atomic E-state index is 6.62. The standard InChI is InChI=1S/C7H8N.3C4H9O.Sn/c8-6-7-4-2-1-3-5-7;3*1-4(2,3)5;/h1-4H,6,8H2;3*1-3H3;/q;3*-1;+3. The van der Waals surface area contributed by atoms with Gasteiger partial charge in [-0.25, -0.2) is 0 Å². The van der Waals surface area contributed by atoms with Gasteiger partial charge in [0, 0.05) is 0 Å². The summed E-state index contributed by atoms with van der Waals surface area (Å²) in [5, 5.41) is 0. The van der Waals surface area contributed by atoms with Crippen molar-refractivity contribution in [2.75, 3.05) is 0 Å². The molecular formula is C19H35NO3Sn. The summed E-state index contributed by atoms with van der Waals surface area (Å²) >= 11 is -4.19. The molecule has 0 atom stereocenters. The summed E-state index contributed by atoms with van der Waals surface area (Å²) in [6, 6.07) is 8.09. The molecule has 0 spiro atoms. The van der Waals surface area contributed by atoms with Gasteiger partial charge in [0.2, 0.25) is 0 Å². The SMILES string of the molecule is CC(C)(C)[O][Sn]([O]C(C)(C)C)([O]C(C)(C)C)[c]1ccccc1CN. The Bertz CT molecular complexity index is 498. The van der Waals surface area contributed by atoms with Crippen LogP contribution in [0.15, 0.2) is 24.3 Å². The molecule has 0 aliphatic rings. The first-order valence-corrected chi connectivity index (χ1v) is 13.5. The van der Waals surface area contributed by atoms with E-state index in [0.29, 0.717) is 6.54 Å². The zero-order valence-corrected chi connectivity index (χ0v) is 19.7. The fraction of sp³-hybridized carbons (Fsp3) is 0.684. The van der Waals surface area contributed by atoms with Crippen molar-refractivity contribution >= 4 is 23.2 Å². The summed E-state index contributed by atoms with van der Waals surface area (Å²) in [4.78, 5) is 0. The Morgan fingerprint density at radius 1 is 0.750 bits per heavy atom. The van der Waals surface area contributed by atoms with E-state index in [2.05, 4.69) is 6.07 Å². The molecule has 24 heavy (non-hydrogen) atoms. The molecule has 0 saturated carbocycles. The van der Waals surface area contributed by atoms with E-state index < -0.39 is 19.6 Å². The molecule has 5 heteroatoms. The average Bonchev–Trinajstić information content (AvgIpc) is 2.32. The summed E-state index contributed by atoms with van der Waals surface area (Å²) < 4.78 is 20.9. The molecule has 0 amide bonds. The van der Waals surface area contributed by atoms with Crippen molar-refractivity contribution < 1.29 is 9.22 Å². The molecule has 0 unspecified atom stereocenters. The fourth-order valence-corrected chi connectivity index (χ4v) is 13.1. The Morgan fingerprint density at radius 3 is 1.46 bits per heavy atom. The van der Waals surface area contributed by atoms with Gasteiger partial charge in [0.15, 0.2) is 0 Å². The minimum absolute atomic E-state index is 0.381. The van der Waals surface area contributed by atoms with Gasteiger partial charge in [0.25, 0.3) is 0 Å². The van der Waals surface area contributed by atoms with Crippen molar-refractivity contribution in [3.63, 3.8) is 0 Å². The Labute approximate surface area is 153 Å². The Morgan fingerprint density at radius 2 is 1.12 bits per heavy atom. The number of rotatable bonds is 5. The van der Waals surface area contributed by atoms with E-state index in [1.165, 1.54) is 0 Å². The van der Waals surface area contributed by atoms with Crippen molar-refractivity contribution in [3.05, 3.63) is 29.8 Å². The second-order valence-electron chi connectivity index (χ2n) is 9.06. The van der Waals surface area contributed by atoms with Crippen molar-refractivity contribution in [2.45, 2.75) is 85.7 Å². The predicted molar refractivity (Wildman–Crippen MR) is 102 cm³/mol. The van der Waals surface area contributed by atoms with Crippen LogP contribution in [0.1, 0.15) is 67.9 Å². The third-order valence-corrected chi connectivity index (χ3v) is 13.7. The molecule has 0 fully saturated rings. The first-order valence-electron chi connectivity index (χ1n) is 8.56. The van der Waals surface area contributed by atoms with Crippen LogP contribution < -0.4 is 9.31 Å². The summed E-state index contributed by atoms with van der Waals surface area (Å²) in [6.45, 7) is 18.8. The average molecular weight is 444 g/mol. The number of nitrogens with two attached hydrogens (primary N) is 1. The Kier molecular flexibility index (Phi) is 6.95. The van der Waals surface area contributed by atoms with Crippen LogP contribution in [0.3, 0.4) is 0 Å². The van der Waals surface area contributed by atoms with Crippen molar-refractivity contribution in [1.82, 2.24) is 0 Å². The second-order valence-corrected chi connectivity index (χ2v) is 15.5. The van der Waals surface area contributed by atoms with Crippen molar-refractivity contribution in [3.8, 4) is 0 Å². The third kappa shape index (κ3) is 7.00. The quantitative estimate of drug-likeness (QED) is 0.704. The van der Waals surface area contributed by atoms with Crippen molar-refractivity contribution in [2.24, 2.45) is 5.73 Å². The van der Waals surface area contributed by atoms with Gasteiger partial charge >= 0.3 is 154 Å². The summed E-state index contributed by atoms with van der Waals surface area (Å²) in [7, 11) is 0. The van der Waals surface area contributed by atoms with Gasteiger partial charge in [-0.1, -0.05) is 0 Å². The zero-order valence-electron chi connectivity index (χ0n) is 16.8. The molecule has 0 saturated heterocycles. The molecule has 0 heterocycles. The van der Waals surface area contributed by atoms with Crippen LogP contribution >= 0.6 is 0 Å². The summed E-state index contributed by atoms with van der Waals surface area (Å²) in [5.41, 5.74) is 5.90. The number of benzene rings is 1. The van der Waals surface area contributed by atoms with E-state index in [1.807, 2.05) is 80.5 Å². The fourth-order valence-electron chi connectivity index (χ4n) is 2.43. The van der Waals surface area contributed by atoms with Gasteiger partial charge in [0.1, 0.15) is 0 Å². The zero-order chi connectivity index (χ0) is 18.8. The van der Waals surface area contributed by atoms with Gasteiger partial charge in [-0.2, -0.15) is 0 Å². The van der Waals surface area contributed by atoms with Crippen molar-refractivity contribution in [1.29, 1.82) is 0 Å². The monoisotopic (exact) mass is 445 g/mol. The van der Waals surface area contributed by atoms with E-state index in [4.69, 9.17) is 15.0 Å². The first kappa shape index (κ1) is 21.9. The summed E-state index contributed by atoms with van der Waals surface area (Å²) in [6.07, 6.45) is 0. The van der Waals surface area contributed by atoms with Crippen LogP contribution in [-0.2, 0) is 15.8 Å². The molecule has 1 aromatic rings. The molecule has 138 valence electrons. The van der Waals surface area contributed by atoms with Gasteiger partial charge in [0.05, 0.1) is 0 Å². The van der Waals surface area contributed by atoms with E-state index >= 15 is 0 Å². The Hall–Kier alpha value is -0.141. The number of hydrogen-bond donors (Lipinski definition) is 1. The molecule has 0 radical (unpaired) electrons. The van der Waals surface area contributed by atoms with Gasteiger partial charge in [-0.15, -0.1) is 0 Å². The minimum atomic E-state index is -4.19. The topological polar surface area (TPSA) is 53.7 Å². The molecule has 0 aliphatic carbocycles. The van der Waals surface area contributed by atoms with E-state index in [1.54, 1.807) is 0 Å². The molecular weight excluding hydrogens is 409 g/mol. The summed E-state index contributed by atoms with van der Waals surface area (Å²) in [5.74, 6) is 0. The normalized spacial score (nSPS) is 14.1. The predicted octanol–water partition coefficient (Wildman–Crippen LogP) is 3.74. The first-order chi connectivity index (χ1) is 10.7. The van der Waals surface area contributed by atoms with Gasteiger partial charge < -0.3 is 0 Å². The third-order valence-electron chi connectivity index (χ3n) is 2.89.